The van der Waals surface area contributed by atoms with Gasteiger partial charge in [0.2, 0.25) is 5.91 Å². The second-order valence-corrected chi connectivity index (χ2v) is 10.6. The molecule has 0 unspecified atom stereocenters. The minimum Gasteiger partial charge on any atom is -0.495 e. The quantitative estimate of drug-likeness (QED) is 0.394. The molecule has 1 aromatic heterocycles. The molecule has 0 aliphatic rings. The standard InChI is InChI=1S/C25H25ClN4O5S/c1-16-5-9-19(10-6-16)36(33,34)30(18-8-12-23(35-4)20(26)14-18)15-24(31)27-17-7-11-21-22(13-17)29(3)25(32)28(21)2/h5-14H,15H2,1-4H3,(H,27,31). The molecule has 0 spiro atoms. The summed E-state index contributed by atoms with van der Waals surface area (Å²) in [5, 5.41) is 2.94. The fraction of sp³-hybridized carbons (Fsp3) is 0.200. The molecule has 0 fully saturated rings. The number of amides is 1. The van der Waals surface area contributed by atoms with Gasteiger partial charge in [-0.15, -0.1) is 0 Å². The fourth-order valence-corrected chi connectivity index (χ4v) is 5.54. The van der Waals surface area contributed by atoms with Gasteiger partial charge in [-0.25, -0.2) is 13.2 Å². The largest absolute Gasteiger partial charge is 0.495 e. The van der Waals surface area contributed by atoms with Crippen LogP contribution in [0.25, 0.3) is 11.0 Å². The van der Waals surface area contributed by atoms with E-state index in [1.165, 1.54) is 46.6 Å². The van der Waals surface area contributed by atoms with Gasteiger partial charge in [-0.3, -0.25) is 18.2 Å². The Kier molecular flexibility index (Phi) is 6.83. The molecule has 4 aromatic rings. The van der Waals surface area contributed by atoms with Crippen LogP contribution in [0.1, 0.15) is 5.56 Å². The van der Waals surface area contributed by atoms with Crippen LogP contribution in [0.15, 0.2) is 70.4 Å². The van der Waals surface area contributed by atoms with Crippen LogP contribution < -0.4 is 20.0 Å². The molecule has 1 heterocycles. The molecule has 0 saturated carbocycles. The van der Waals surface area contributed by atoms with Crippen molar-refractivity contribution in [3.63, 3.8) is 0 Å². The molecule has 188 valence electrons. The zero-order chi connectivity index (χ0) is 26.2. The Morgan fingerprint density at radius 2 is 1.67 bits per heavy atom. The summed E-state index contributed by atoms with van der Waals surface area (Å²) in [6.45, 7) is 1.34. The highest BCUT2D eigenvalue weighted by Crippen LogP contribution is 2.32. The van der Waals surface area contributed by atoms with Crippen molar-refractivity contribution < 1.29 is 17.9 Å². The van der Waals surface area contributed by atoms with Crippen molar-refractivity contribution in [1.82, 2.24) is 9.13 Å². The lowest BCUT2D eigenvalue weighted by Crippen LogP contribution is -2.38. The maximum absolute atomic E-state index is 13.6. The van der Waals surface area contributed by atoms with Crippen LogP contribution >= 0.6 is 11.6 Å². The van der Waals surface area contributed by atoms with E-state index >= 15 is 0 Å². The average molecular weight is 529 g/mol. The van der Waals surface area contributed by atoms with Crippen LogP contribution in [0.2, 0.25) is 5.02 Å². The van der Waals surface area contributed by atoms with Crippen molar-refractivity contribution in [2.45, 2.75) is 11.8 Å². The molecule has 1 amide bonds. The zero-order valence-electron chi connectivity index (χ0n) is 20.1. The Morgan fingerprint density at radius 1 is 1.00 bits per heavy atom. The summed E-state index contributed by atoms with van der Waals surface area (Å²) in [6, 6.07) is 15.9. The van der Waals surface area contributed by atoms with Gasteiger partial charge >= 0.3 is 5.69 Å². The van der Waals surface area contributed by atoms with Crippen LogP contribution in [-0.4, -0.2) is 37.1 Å². The molecule has 0 bridgehead atoms. The third kappa shape index (κ3) is 4.69. The van der Waals surface area contributed by atoms with Gasteiger partial charge in [0.15, 0.2) is 0 Å². The molecule has 36 heavy (non-hydrogen) atoms. The molecule has 0 saturated heterocycles. The lowest BCUT2D eigenvalue weighted by atomic mass is 10.2. The fourth-order valence-electron chi connectivity index (χ4n) is 3.88. The van der Waals surface area contributed by atoms with Crippen molar-refractivity contribution in [1.29, 1.82) is 0 Å². The Bertz CT molecular complexity index is 1620. The van der Waals surface area contributed by atoms with E-state index in [9.17, 15) is 18.0 Å². The number of anilines is 2. The van der Waals surface area contributed by atoms with E-state index < -0.39 is 22.5 Å². The Hall–Kier alpha value is -3.76. The van der Waals surface area contributed by atoms with Gasteiger partial charge in [-0.2, -0.15) is 0 Å². The topological polar surface area (TPSA) is 103 Å². The van der Waals surface area contributed by atoms with Crippen LogP contribution in [0, 0.1) is 6.92 Å². The van der Waals surface area contributed by atoms with Crippen molar-refractivity contribution in [2.75, 3.05) is 23.3 Å². The van der Waals surface area contributed by atoms with Crippen LogP contribution in [0.4, 0.5) is 11.4 Å². The highest BCUT2D eigenvalue weighted by Gasteiger charge is 2.28. The highest BCUT2D eigenvalue weighted by molar-refractivity contribution is 7.92. The summed E-state index contributed by atoms with van der Waals surface area (Å²) < 4.78 is 36.3. The van der Waals surface area contributed by atoms with E-state index in [4.69, 9.17) is 16.3 Å². The van der Waals surface area contributed by atoms with Crippen LogP contribution in [-0.2, 0) is 28.9 Å². The SMILES string of the molecule is COc1ccc(N(CC(=O)Nc2ccc3c(c2)n(C)c(=O)n3C)S(=O)(=O)c2ccc(C)cc2)cc1Cl. The monoisotopic (exact) mass is 528 g/mol. The molecular formula is C25H25ClN4O5S. The van der Waals surface area contributed by atoms with Gasteiger partial charge in [-0.1, -0.05) is 29.3 Å². The molecule has 9 nitrogen and oxygen atoms in total. The molecule has 4 rings (SSSR count). The molecule has 1 N–H and O–H groups in total. The van der Waals surface area contributed by atoms with Crippen LogP contribution in [0.3, 0.4) is 0 Å². The zero-order valence-corrected chi connectivity index (χ0v) is 21.7. The van der Waals surface area contributed by atoms with Gasteiger partial charge < -0.3 is 10.1 Å². The van der Waals surface area contributed by atoms with E-state index in [0.29, 0.717) is 22.5 Å². The molecule has 0 aliphatic heterocycles. The number of methoxy groups -OCH3 is 1. The van der Waals surface area contributed by atoms with Gasteiger partial charge in [0.1, 0.15) is 12.3 Å². The number of halogens is 1. The van der Waals surface area contributed by atoms with Crippen molar-refractivity contribution in [2.24, 2.45) is 14.1 Å². The van der Waals surface area contributed by atoms with Gasteiger partial charge in [0.05, 0.1) is 33.7 Å². The molecule has 0 atom stereocenters. The van der Waals surface area contributed by atoms with E-state index in [1.807, 2.05) is 6.92 Å². The minimum absolute atomic E-state index is 0.0357. The number of nitrogens with one attached hydrogen (secondary N) is 1. The summed E-state index contributed by atoms with van der Waals surface area (Å²) in [5.41, 5.74) is 2.67. The Balaban J connectivity index is 1.69. The van der Waals surface area contributed by atoms with E-state index in [1.54, 1.807) is 44.4 Å². The van der Waals surface area contributed by atoms with Gasteiger partial charge in [0.25, 0.3) is 10.0 Å². The third-order valence-corrected chi connectivity index (χ3v) is 7.96. The number of imidazole rings is 1. The Labute approximate surface area is 213 Å². The maximum atomic E-state index is 13.6. The number of hydrogen-bond acceptors (Lipinski definition) is 5. The summed E-state index contributed by atoms with van der Waals surface area (Å²) in [5.74, 6) is -0.197. The minimum atomic E-state index is -4.11. The molecular weight excluding hydrogens is 504 g/mol. The Morgan fingerprint density at radius 3 is 2.31 bits per heavy atom. The highest BCUT2D eigenvalue weighted by atomic mass is 35.5. The number of fused-ring (bicyclic) bond motifs is 1. The summed E-state index contributed by atoms with van der Waals surface area (Å²) in [4.78, 5) is 25.3. The normalized spacial score (nSPS) is 11.5. The average Bonchev–Trinajstić information content (AvgIpc) is 3.06. The number of benzene rings is 3. The maximum Gasteiger partial charge on any atom is 0.328 e. The van der Waals surface area contributed by atoms with E-state index in [2.05, 4.69) is 5.32 Å². The number of carbonyl (C=O) groups is 1. The number of sulfonamides is 1. The van der Waals surface area contributed by atoms with Gasteiger partial charge in [-0.05, 0) is 55.5 Å². The first-order valence-corrected chi connectivity index (χ1v) is 12.7. The second kappa shape index (κ2) is 9.71. The lowest BCUT2D eigenvalue weighted by Gasteiger charge is -2.24. The summed E-state index contributed by atoms with van der Waals surface area (Å²) >= 11 is 6.26. The molecule has 0 radical (unpaired) electrons. The number of ether oxygens (including phenoxy) is 1. The van der Waals surface area contributed by atoms with Gasteiger partial charge in [0, 0.05) is 19.8 Å². The number of hydrogen-bond donors (Lipinski definition) is 1. The molecule has 3 aromatic carbocycles. The smallest absolute Gasteiger partial charge is 0.328 e. The number of rotatable bonds is 7. The van der Waals surface area contributed by atoms with Crippen molar-refractivity contribution in [3.8, 4) is 5.75 Å². The first-order valence-electron chi connectivity index (χ1n) is 10.9. The van der Waals surface area contributed by atoms with Crippen molar-refractivity contribution in [3.05, 3.63) is 81.7 Å². The summed E-state index contributed by atoms with van der Waals surface area (Å²) in [6.07, 6.45) is 0. The lowest BCUT2D eigenvalue weighted by molar-refractivity contribution is -0.114. The third-order valence-electron chi connectivity index (χ3n) is 5.88. The first kappa shape index (κ1) is 25.3. The predicted molar refractivity (Wildman–Crippen MR) is 141 cm³/mol. The number of carbonyl (C=O) groups excluding carboxylic acids is 1. The number of nitrogens with zero attached hydrogens (tertiary/aromatic N) is 3. The van der Waals surface area contributed by atoms with E-state index in [-0.39, 0.29) is 21.3 Å². The number of aryl methyl sites for hydroxylation is 3. The van der Waals surface area contributed by atoms with Crippen molar-refractivity contribution >= 4 is 49.9 Å². The number of aromatic nitrogens is 2. The predicted octanol–water partition coefficient (Wildman–Crippen LogP) is 3.68. The van der Waals surface area contributed by atoms with Crippen LogP contribution in [0.5, 0.6) is 5.75 Å². The second-order valence-electron chi connectivity index (χ2n) is 8.30. The molecule has 11 heteroatoms. The first-order chi connectivity index (χ1) is 17.0. The molecule has 0 aliphatic carbocycles. The summed E-state index contributed by atoms with van der Waals surface area (Å²) in [7, 11) is 0.641. The van der Waals surface area contributed by atoms with E-state index in [0.717, 1.165) is 9.87 Å².